The number of amides is 1. The zero-order valence-electron chi connectivity index (χ0n) is 11.5. The zero-order chi connectivity index (χ0) is 14.1. The maximum Gasteiger partial charge on any atom is 0.221 e. The van der Waals surface area contributed by atoms with Gasteiger partial charge in [0.25, 0.3) is 0 Å². The fourth-order valence-corrected chi connectivity index (χ4v) is 1.63. The second kappa shape index (κ2) is 8.48. The van der Waals surface area contributed by atoms with E-state index >= 15 is 0 Å². The van der Waals surface area contributed by atoms with Crippen LogP contribution in [0.3, 0.4) is 0 Å². The van der Waals surface area contributed by atoms with Gasteiger partial charge in [0.05, 0.1) is 7.11 Å². The topological polar surface area (TPSA) is 50.4 Å². The van der Waals surface area contributed by atoms with Crippen molar-refractivity contribution in [2.45, 2.75) is 26.3 Å². The molecule has 1 aromatic rings. The van der Waals surface area contributed by atoms with Gasteiger partial charge in [0, 0.05) is 31.6 Å². The summed E-state index contributed by atoms with van der Waals surface area (Å²) in [6, 6.07) is 5.02. The van der Waals surface area contributed by atoms with Crippen LogP contribution in [0.1, 0.15) is 25.3 Å². The number of ether oxygens (including phenoxy) is 1. The van der Waals surface area contributed by atoms with Crippen LogP contribution in [0.25, 0.3) is 0 Å². The van der Waals surface area contributed by atoms with Crippen molar-refractivity contribution in [3.8, 4) is 5.75 Å². The molecule has 0 aromatic heterocycles. The Balaban J connectivity index is 2.31. The van der Waals surface area contributed by atoms with Gasteiger partial charge in [-0.25, -0.2) is 4.39 Å². The van der Waals surface area contributed by atoms with Crippen molar-refractivity contribution >= 4 is 5.91 Å². The van der Waals surface area contributed by atoms with Crippen molar-refractivity contribution in [3.05, 3.63) is 29.6 Å². The molecule has 19 heavy (non-hydrogen) atoms. The molecular formula is C14H21FN2O2. The summed E-state index contributed by atoms with van der Waals surface area (Å²) >= 11 is 0. The number of hydrogen-bond donors (Lipinski definition) is 2. The highest BCUT2D eigenvalue weighted by Gasteiger charge is 2.07. The third-order valence-electron chi connectivity index (χ3n) is 2.68. The molecule has 1 rings (SSSR count). The molecule has 0 bridgehead atoms. The third kappa shape index (κ3) is 5.26. The second-order valence-corrected chi connectivity index (χ2v) is 4.21. The molecule has 0 atom stereocenters. The normalized spacial score (nSPS) is 10.3. The molecule has 1 amide bonds. The van der Waals surface area contributed by atoms with Gasteiger partial charge in [0.2, 0.25) is 5.91 Å². The SMILES string of the molecule is CCCNC(=O)CCNCc1cccc(OC)c1F. The Hall–Kier alpha value is -1.62. The van der Waals surface area contributed by atoms with E-state index in [1.54, 1.807) is 18.2 Å². The van der Waals surface area contributed by atoms with E-state index in [0.29, 0.717) is 31.6 Å². The molecular weight excluding hydrogens is 247 g/mol. The maximum absolute atomic E-state index is 13.8. The van der Waals surface area contributed by atoms with E-state index in [2.05, 4.69) is 10.6 Å². The van der Waals surface area contributed by atoms with Gasteiger partial charge in [-0.15, -0.1) is 0 Å². The predicted molar refractivity (Wildman–Crippen MR) is 72.6 cm³/mol. The molecule has 0 unspecified atom stereocenters. The lowest BCUT2D eigenvalue weighted by Crippen LogP contribution is -2.28. The molecule has 1 aromatic carbocycles. The number of halogens is 1. The second-order valence-electron chi connectivity index (χ2n) is 4.21. The van der Waals surface area contributed by atoms with E-state index < -0.39 is 0 Å². The molecule has 0 saturated heterocycles. The minimum atomic E-state index is -0.354. The Morgan fingerprint density at radius 3 is 2.84 bits per heavy atom. The average Bonchev–Trinajstić information content (AvgIpc) is 2.42. The first kappa shape index (κ1) is 15.4. The standard InChI is InChI=1S/C14H21FN2O2/c1-3-8-17-13(18)7-9-16-10-11-5-4-6-12(19-2)14(11)15/h4-6,16H,3,7-10H2,1-2H3,(H,17,18). The number of rotatable bonds is 8. The lowest BCUT2D eigenvalue weighted by atomic mass is 10.2. The molecule has 106 valence electrons. The molecule has 0 fully saturated rings. The Morgan fingerprint density at radius 1 is 1.37 bits per heavy atom. The van der Waals surface area contributed by atoms with Gasteiger partial charge in [0.15, 0.2) is 11.6 Å². The van der Waals surface area contributed by atoms with Crippen LogP contribution in [0.2, 0.25) is 0 Å². The minimum Gasteiger partial charge on any atom is -0.494 e. The number of methoxy groups -OCH3 is 1. The molecule has 0 aliphatic carbocycles. The predicted octanol–water partition coefficient (Wildman–Crippen LogP) is 1.84. The van der Waals surface area contributed by atoms with Crippen molar-refractivity contribution < 1.29 is 13.9 Å². The van der Waals surface area contributed by atoms with Crippen molar-refractivity contribution in [2.75, 3.05) is 20.2 Å². The molecule has 0 aliphatic rings. The van der Waals surface area contributed by atoms with Crippen LogP contribution in [0.15, 0.2) is 18.2 Å². The van der Waals surface area contributed by atoms with Crippen LogP contribution in [0.5, 0.6) is 5.75 Å². The van der Waals surface area contributed by atoms with E-state index in [0.717, 1.165) is 6.42 Å². The molecule has 5 heteroatoms. The smallest absolute Gasteiger partial charge is 0.221 e. The number of carbonyl (C=O) groups is 1. The highest BCUT2D eigenvalue weighted by molar-refractivity contribution is 5.75. The van der Waals surface area contributed by atoms with E-state index in [4.69, 9.17) is 4.74 Å². The summed E-state index contributed by atoms with van der Waals surface area (Å²) in [6.07, 6.45) is 1.32. The summed E-state index contributed by atoms with van der Waals surface area (Å²) in [4.78, 5) is 11.3. The van der Waals surface area contributed by atoms with Gasteiger partial charge in [-0.3, -0.25) is 4.79 Å². The van der Waals surface area contributed by atoms with Crippen LogP contribution in [-0.2, 0) is 11.3 Å². The third-order valence-corrected chi connectivity index (χ3v) is 2.68. The summed E-state index contributed by atoms with van der Waals surface area (Å²) in [5, 5.41) is 5.83. The highest BCUT2D eigenvalue weighted by atomic mass is 19.1. The largest absolute Gasteiger partial charge is 0.494 e. The first-order chi connectivity index (χ1) is 9.19. The quantitative estimate of drug-likeness (QED) is 0.707. The molecule has 0 saturated carbocycles. The molecule has 0 aliphatic heterocycles. The fraction of sp³-hybridized carbons (Fsp3) is 0.500. The Kier molecular flexibility index (Phi) is 6.89. The monoisotopic (exact) mass is 268 g/mol. The van der Waals surface area contributed by atoms with Gasteiger partial charge in [-0.1, -0.05) is 19.1 Å². The van der Waals surface area contributed by atoms with Crippen molar-refractivity contribution in [3.63, 3.8) is 0 Å². The number of hydrogen-bond acceptors (Lipinski definition) is 3. The minimum absolute atomic E-state index is 0.0143. The van der Waals surface area contributed by atoms with Gasteiger partial charge in [0.1, 0.15) is 0 Å². The van der Waals surface area contributed by atoms with E-state index in [1.807, 2.05) is 6.92 Å². The van der Waals surface area contributed by atoms with Crippen LogP contribution < -0.4 is 15.4 Å². The van der Waals surface area contributed by atoms with E-state index in [-0.39, 0.29) is 17.5 Å². The zero-order valence-corrected chi connectivity index (χ0v) is 11.5. The molecule has 0 heterocycles. The maximum atomic E-state index is 13.8. The van der Waals surface area contributed by atoms with E-state index in [9.17, 15) is 9.18 Å². The Morgan fingerprint density at radius 2 is 2.16 bits per heavy atom. The summed E-state index contributed by atoms with van der Waals surface area (Å²) in [5.41, 5.74) is 0.535. The van der Waals surface area contributed by atoms with Crippen LogP contribution in [0, 0.1) is 5.82 Å². The van der Waals surface area contributed by atoms with Crippen molar-refractivity contribution in [1.82, 2.24) is 10.6 Å². The number of benzene rings is 1. The fourth-order valence-electron chi connectivity index (χ4n) is 1.63. The number of nitrogens with one attached hydrogen (secondary N) is 2. The summed E-state index contributed by atoms with van der Waals surface area (Å²) in [7, 11) is 1.44. The molecule has 0 spiro atoms. The molecule has 0 radical (unpaired) electrons. The van der Waals surface area contributed by atoms with Crippen LogP contribution >= 0.6 is 0 Å². The number of carbonyl (C=O) groups excluding carboxylic acids is 1. The van der Waals surface area contributed by atoms with Crippen LogP contribution in [-0.4, -0.2) is 26.1 Å². The van der Waals surface area contributed by atoms with Gasteiger partial charge in [-0.05, 0) is 12.5 Å². The van der Waals surface area contributed by atoms with Crippen molar-refractivity contribution in [2.24, 2.45) is 0 Å². The van der Waals surface area contributed by atoms with Gasteiger partial charge < -0.3 is 15.4 Å². The Labute approximate surface area is 113 Å². The summed E-state index contributed by atoms with van der Waals surface area (Å²) in [5.74, 6) is -0.103. The molecule has 4 nitrogen and oxygen atoms in total. The molecule has 2 N–H and O–H groups in total. The summed E-state index contributed by atoms with van der Waals surface area (Å²) < 4.78 is 18.7. The van der Waals surface area contributed by atoms with E-state index in [1.165, 1.54) is 7.11 Å². The first-order valence-corrected chi connectivity index (χ1v) is 6.47. The highest BCUT2D eigenvalue weighted by Crippen LogP contribution is 2.19. The van der Waals surface area contributed by atoms with Gasteiger partial charge >= 0.3 is 0 Å². The van der Waals surface area contributed by atoms with Crippen molar-refractivity contribution in [1.29, 1.82) is 0 Å². The van der Waals surface area contributed by atoms with Gasteiger partial charge in [-0.2, -0.15) is 0 Å². The first-order valence-electron chi connectivity index (χ1n) is 6.47. The lowest BCUT2D eigenvalue weighted by molar-refractivity contribution is -0.120. The summed E-state index contributed by atoms with van der Waals surface area (Å²) in [6.45, 7) is 3.60. The average molecular weight is 268 g/mol. The lowest BCUT2D eigenvalue weighted by Gasteiger charge is -2.08. The van der Waals surface area contributed by atoms with Crippen LogP contribution in [0.4, 0.5) is 4.39 Å². The Bertz CT molecular complexity index is 410.